The average molecular weight is 387 g/mol. The predicted molar refractivity (Wildman–Crippen MR) is 98.1 cm³/mol. The Labute approximate surface area is 153 Å². The molecule has 0 amide bonds. The van der Waals surface area contributed by atoms with Crippen LogP contribution in [-0.4, -0.2) is 8.42 Å². The molecule has 0 aliphatic rings. The topological polar surface area (TPSA) is 43.4 Å². The molecule has 0 saturated carbocycles. The van der Waals surface area contributed by atoms with Gasteiger partial charge in [-0.3, -0.25) is 4.18 Å². The first kappa shape index (κ1) is 19.3. The molecule has 0 aromatic heterocycles. The van der Waals surface area contributed by atoms with Gasteiger partial charge < -0.3 is 0 Å². The Balaban J connectivity index is 2.42. The molecule has 0 bridgehead atoms. The van der Waals surface area contributed by atoms with Crippen LogP contribution in [0.1, 0.15) is 38.0 Å². The number of hydrogen-bond donors (Lipinski definition) is 0. The van der Waals surface area contributed by atoms with Crippen molar-refractivity contribution in [3.8, 4) is 0 Å². The van der Waals surface area contributed by atoms with Gasteiger partial charge in [0.2, 0.25) is 0 Å². The van der Waals surface area contributed by atoms with Crippen molar-refractivity contribution in [1.82, 2.24) is 0 Å². The molecule has 0 N–H and O–H groups in total. The number of rotatable bonds is 4. The molecule has 6 heteroatoms. The molecule has 0 aliphatic carbocycles. The Morgan fingerprint density at radius 1 is 0.958 bits per heavy atom. The normalized spacial score (nSPS) is 13.8. The molecule has 0 spiro atoms. The fraction of sp³-hybridized carbons (Fsp3) is 0.333. The lowest BCUT2D eigenvalue weighted by molar-refractivity contribution is 0.0934. The lowest BCUT2D eigenvalue weighted by Crippen LogP contribution is -2.24. The van der Waals surface area contributed by atoms with Gasteiger partial charge in [-0.05, 0) is 42.2 Å². The lowest BCUT2D eigenvalue weighted by atomic mass is 9.85. The maximum atomic E-state index is 12.6. The summed E-state index contributed by atoms with van der Waals surface area (Å²) in [4.78, 5) is 0.127. The minimum Gasteiger partial charge on any atom is -0.258 e. The van der Waals surface area contributed by atoms with E-state index in [0.29, 0.717) is 15.6 Å². The molecule has 0 radical (unpaired) electrons. The van der Waals surface area contributed by atoms with Gasteiger partial charge in [0.15, 0.2) is 0 Å². The van der Waals surface area contributed by atoms with Crippen LogP contribution in [0, 0.1) is 12.3 Å². The second-order valence-corrected chi connectivity index (χ2v) is 9.17. The molecule has 1 unspecified atom stereocenters. The number of hydrogen-bond acceptors (Lipinski definition) is 3. The molecule has 2 rings (SSSR count). The maximum Gasteiger partial charge on any atom is 0.297 e. The minimum atomic E-state index is -3.91. The number of halogens is 2. The zero-order valence-electron chi connectivity index (χ0n) is 14.0. The Morgan fingerprint density at radius 2 is 1.54 bits per heavy atom. The highest BCUT2D eigenvalue weighted by Crippen LogP contribution is 2.40. The highest BCUT2D eigenvalue weighted by molar-refractivity contribution is 7.86. The fourth-order valence-electron chi connectivity index (χ4n) is 2.26. The Hall–Kier alpha value is -1.07. The monoisotopic (exact) mass is 386 g/mol. The van der Waals surface area contributed by atoms with Crippen molar-refractivity contribution in [3.05, 3.63) is 63.6 Å². The van der Waals surface area contributed by atoms with E-state index in [9.17, 15) is 8.42 Å². The van der Waals surface area contributed by atoms with Gasteiger partial charge in [-0.15, -0.1) is 0 Å². The van der Waals surface area contributed by atoms with Crippen LogP contribution in [-0.2, 0) is 14.3 Å². The van der Waals surface area contributed by atoms with Crippen LogP contribution in [0.25, 0.3) is 0 Å². The van der Waals surface area contributed by atoms with E-state index >= 15 is 0 Å². The van der Waals surface area contributed by atoms with E-state index in [2.05, 4.69) is 0 Å². The van der Waals surface area contributed by atoms with Crippen molar-refractivity contribution in [2.45, 2.75) is 38.7 Å². The molecule has 3 nitrogen and oxygen atoms in total. The number of aryl methyl sites for hydroxylation is 1. The molecule has 0 saturated heterocycles. The van der Waals surface area contributed by atoms with Crippen LogP contribution in [0.4, 0.5) is 0 Å². The summed E-state index contributed by atoms with van der Waals surface area (Å²) in [7, 11) is -3.91. The van der Waals surface area contributed by atoms with E-state index in [4.69, 9.17) is 27.4 Å². The summed E-state index contributed by atoms with van der Waals surface area (Å²) in [6, 6.07) is 11.6. The summed E-state index contributed by atoms with van der Waals surface area (Å²) in [6.45, 7) is 7.62. The molecular formula is C18H20Cl2O3S. The summed E-state index contributed by atoms with van der Waals surface area (Å²) >= 11 is 12.0. The Kier molecular flexibility index (Phi) is 5.65. The second-order valence-electron chi connectivity index (χ2n) is 6.78. The van der Waals surface area contributed by atoms with Crippen molar-refractivity contribution in [3.63, 3.8) is 0 Å². The molecule has 1 atom stereocenters. The first-order chi connectivity index (χ1) is 11.0. The molecule has 2 aromatic carbocycles. The largest absolute Gasteiger partial charge is 0.297 e. The first-order valence-corrected chi connectivity index (χ1v) is 9.62. The molecule has 130 valence electrons. The summed E-state index contributed by atoms with van der Waals surface area (Å²) in [6.07, 6.45) is -0.696. The van der Waals surface area contributed by atoms with Crippen molar-refractivity contribution >= 4 is 33.3 Å². The third kappa shape index (κ3) is 4.51. The van der Waals surface area contributed by atoms with Crippen LogP contribution >= 0.6 is 23.2 Å². The maximum absolute atomic E-state index is 12.6. The van der Waals surface area contributed by atoms with Crippen molar-refractivity contribution in [1.29, 1.82) is 0 Å². The van der Waals surface area contributed by atoms with Crippen LogP contribution in [0.3, 0.4) is 0 Å². The zero-order valence-corrected chi connectivity index (χ0v) is 16.3. The summed E-state index contributed by atoms with van der Waals surface area (Å²) in [5, 5.41) is 0.772. The van der Waals surface area contributed by atoms with E-state index in [1.165, 1.54) is 0 Å². The van der Waals surface area contributed by atoms with E-state index in [-0.39, 0.29) is 4.90 Å². The van der Waals surface area contributed by atoms with Gasteiger partial charge in [0.25, 0.3) is 10.1 Å². The molecular weight excluding hydrogens is 367 g/mol. The van der Waals surface area contributed by atoms with Crippen LogP contribution in [0.2, 0.25) is 10.0 Å². The standard InChI is InChI=1S/C18H20Cl2O3S/c1-12-5-8-14(9-6-12)24(21,22)23-17(18(2,3)4)13-7-10-15(19)16(20)11-13/h5-11,17H,1-4H3. The molecule has 24 heavy (non-hydrogen) atoms. The van der Waals surface area contributed by atoms with Crippen molar-refractivity contribution in [2.75, 3.05) is 0 Å². The Bertz CT molecular complexity index is 822. The zero-order chi connectivity index (χ0) is 18.1. The van der Waals surface area contributed by atoms with E-state index in [1.807, 2.05) is 27.7 Å². The lowest BCUT2D eigenvalue weighted by Gasteiger charge is -2.30. The second kappa shape index (κ2) is 7.04. The van der Waals surface area contributed by atoms with Gasteiger partial charge in [0.1, 0.15) is 6.10 Å². The van der Waals surface area contributed by atoms with Gasteiger partial charge in [-0.25, -0.2) is 0 Å². The van der Waals surface area contributed by atoms with E-state index in [0.717, 1.165) is 5.56 Å². The molecule has 0 aliphatic heterocycles. The smallest absolute Gasteiger partial charge is 0.258 e. The SMILES string of the molecule is Cc1ccc(S(=O)(=O)OC(c2ccc(Cl)c(Cl)c2)C(C)(C)C)cc1. The van der Waals surface area contributed by atoms with Crippen LogP contribution < -0.4 is 0 Å². The Morgan fingerprint density at radius 3 is 2.04 bits per heavy atom. The highest BCUT2D eigenvalue weighted by atomic mass is 35.5. The third-order valence-corrected chi connectivity index (χ3v) is 5.60. The summed E-state index contributed by atoms with van der Waals surface area (Å²) < 4.78 is 30.9. The van der Waals surface area contributed by atoms with Crippen molar-refractivity contribution < 1.29 is 12.6 Å². The van der Waals surface area contributed by atoms with Gasteiger partial charge in [0.05, 0.1) is 14.9 Å². The number of benzene rings is 2. The van der Waals surface area contributed by atoms with Gasteiger partial charge in [-0.1, -0.05) is 67.7 Å². The van der Waals surface area contributed by atoms with E-state index in [1.54, 1.807) is 42.5 Å². The summed E-state index contributed by atoms with van der Waals surface area (Å²) in [5.41, 5.74) is 1.17. The van der Waals surface area contributed by atoms with Crippen molar-refractivity contribution in [2.24, 2.45) is 5.41 Å². The van der Waals surface area contributed by atoms with E-state index < -0.39 is 21.6 Å². The van der Waals surface area contributed by atoms with Gasteiger partial charge in [-0.2, -0.15) is 8.42 Å². The quantitative estimate of drug-likeness (QED) is 0.623. The highest BCUT2D eigenvalue weighted by Gasteiger charge is 2.33. The van der Waals surface area contributed by atoms with Gasteiger partial charge >= 0.3 is 0 Å². The first-order valence-electron chi connectivity index (χ1n) is 7.45. The fourth-order valence-corrected chi connectivity index (χ4v) is 3.80. The summed E-state index contributed by atoms with van der Waals surface area (Å²) in [5.74, 6) is 0. The molecule has 0 fully saturated rings. The molecule has 0 heterocycles. The third-order valence-electron chi connectivity index (χ3n) is 3.57. The van der Waals surface area contributed by atoms with Gasteiger partial charge in [0, 0.05) is 0 Å². The predicted octanol–water partition coefficient (Wildman–Crippen LogP) is 5.79. The van der Waals surface area contributed by atoms with Crippen LogP contribution in [0.5, 0.6) is 0 Å². The minimum absolute atomic E-state index is 0.127. The molecule has 2 aromatic rings. The van der Waals surface area contributed by atoms with Crippen LogP contribution in [0.15, 0.2) is 47.4 Å². The average Bonchev–Trinajstić information content (AvgIpc) is 2.47.